The summed E-state index contributed by atoms with van der Waals surface area (Å²) >= 11 is 12.2. The Morgan fingerprint density at radius 3 is 2.44 bits per heavy atom. The van der Waals surface area contributed by atoms with E-state index in [1.54, 1.807) is 18.2 Å². The van der Waals surface area contributed by atoms with Crippen molar-refractivity contribution < 1.29 is 28.9 Å². The fourth-order valence-electron chi connectivity index (χ4n) is 2.91. The second kappa shape index (κ2) is 10.1. The van der Waals surface area contributed by atoms with Crippen molar-refractivity contribution in [1.82, 2.24) is 4.90 Å². The monoisotopic (exact) mass is 494 g/mol. The number of thiocarbonyl (C=S) groups is 1. The number of aromatic hydroxyl groups is 1. The van der Waals surface area contributed by atoms with Crippen molar-refractivity contribution >= 4 is 63.5 Å². The van der Waals surface area contributed by atoms with Crippen LogP contribution in [0.5, 0.6) is 23.0 Å². The van der Waals surface area contributed by atoms with Gasteiger partial charge in [0.25, 0.3) is 5.91 Å². The molecule has 0 atom stereocenters. The van der Waals surface area contributed by atoms with Gasteiger partial charge in [-0.05, 0) is 42.0 Å². The molecule has 1 aliphatic rings. The smallest absolute Gasteiger partial charge is 0.266 e. The summed E-state index contributed by atoms with van der Waals surface area (Å²) in [6, 6.07) is 7.65. The molecule has 0 radical (unpaired) electrons. The van der Waals surface area contributed by atoms with E-state index in [2.05, 4.69) is 5.32 Å². The topological polar surface area (TPSA) is 97.3 Å². The summed E-state index contributed by atoms with van der Waals surface area (Å²) in [6.07, 6.45) is 1.63. The molecule has 0 unspecified atom stereocenters. The summed E-state index contributed by atoms with van der Waals surface area (Å²) in [7, 11) is 4.49. The quantitative estimate of drug-likeness (QED) is 0.340. The van der Waals surface area contributed by atoms with Crippen molar-refractivity contribution in [2.45, 2.75) is 0 Å². The normalized spacial score (nSPS) is 14.6. The first kappa shape index (κ1) is 23.7. The molecule has 1 heterocycles. The second-order valence-corrected chi connectivity index (χ2v) is 8.55. The number of carbonyl (C=O) groups excluding carboxylic acids is 2. The predicted octanol–water partition coefficient (Wildman–Crippen LogP) is 3.91. The van der Waals surface area contributed by atoms with Crippen LogP contribution in [0.3, 0.4) is 0 Å². The van der Waals surface area contributed by atoms with E-state index in [4.69, 9.17) is 38.0 Å². The molecule has 0 bridgehead atoms. The minimum Gasteiger partial charge on any atom is -0.506 e. The molecule has 3 rings (SSSR count). The Morgan fingerprint density at radius 2 is 1.84 bits per heavy atom. The number of nitrogens with one attached hydrogen (secondary N) is 1. The molecular formula is C21H19ClN2O6S2. The van der Waals surface area contributed by atoms with Gasteiger partial charge in [0, 0.05) is 5.02 Å². The first-order chi connectivity index (χ1) is 15.3. The third-order valence-corrected chi connectivity index (χ3v) is 6.01. The maximum absolute atomic E-state index is 12.9. The summed E-state index contributed by atoms with van der Waals surface area (Å²) in [5.74, 6) is 0.215. The number of phenolic OH excluding ortho intramolecular Hbond substituents is 1. The fourth-order valence-corrected chi connectivity index (χ4v) is 4.34. The molecule has 0 aliphatic carbocycles. The van der Waals surface area contributed by atoms with Gasteiger partial charge >= 0.3 is 0 Å². The summed E-state index contributed by atoms with van der Waals surface area (Å²) < 4.78 is 16.2. The number of nitrogens with zero attached hydrogens (tertiary/aromatic N) is 1. The number of methoxy groups -OCH3 is 3. The van der Waals surface area contributed by atoms with E-state index in [1.165, 1.54) is 44.4 Å². The molecule has 1 aliphatic heterocycles. The van der Waals surface area contributed by atoms with E-state index in [-0.39, 0.29) is 22.3 Å². The van der Waals surface area contributed by atoms with Gasteiger partial charge in [0.05, 0.1) is 31.9 Å². The average molecular weight is 495 g/mol. The van der Waals surface area contributed by atoms with Gasteiger partial charge in [-0.25, -0.2) is 0 Å². The fraction of sp³-hybridized carbons (Fsp3) is 0.190. The standard InChI is InChI=1S/C21H19ClN2O6S2/c1-28-15-6-11(7-16(29-2)19(15)30-3)8-17-20(27)24(21(31)32-17)10-18(26)23-13-9-12(22)4-5-14(13)25/h4-9,25H,10H2,1-3H3,(H,23,26)/b17-8+. The molecule has 0 spiro atoms. The molecule has 2 N–H and O–H groups in total. The predicted molar refractivity (Wildman–Crippen MR) is 128 cm³/mol. The van der Waals surface area contributed by atoms with Crippen LogP contribution < -0.4 is 19.5 Å². The number of rotatable bonds is 7. The first-order valence-electron chi connectivity index (χ1n) is 9.11. The lowest BCUT2D eigenvalue weighted by Gasteiger charge is -2.15. The molecule has 0 saturated carbocycles. The Labute approximate surface area is 199 Å². The minimum absolute atomic E-state index is 0.140. The van der Waals surface area contributed by atoms with Crippen molar-refractivity contribution in [3.63, 3.8) is 0 Å². The van der Waals surface area contributed by atoms with Crippen molar-refractivity contribution in [1.29, 1.82) is 0 Å². The number of ether oxygens (including phenoxy) is 3. The lowest BCUT2D eigenvalue weighted by atomic mass is 10.1. The van der Waals surface area contributed by atoms with Gasteiger partial charge in [-0.1, -0.05) is 35.6 Å². The van der Waals surface area contributed by atoms with Crippen LogP contribution in [-0.2, 0) is 9.59 Å². The second-order valence-electron chi connectivity index (χ2n) is 6.44. The maximum Gasteiger partial charge on any atom is 0.266 e. The van der Waals surface area contributed by atoms with Gasteiger partial charge in [-0.15, -0.1) is 0 Å². The molecule has 2 aromatic carbocycles. The third-order valence-electron chi connectivity index (χ3n) is 4.39. The highest BCUT2D eigenvalue weighted by molar-refractivity contribution is 8.26. The van der Waals surface area contributed by atoms with Crippen LogP contribution in [0.15, 0.2) is 35.2 Å². The number of hydrogen-bond acceptors (Lipinski definition) is 8. The van der Waals surface area contributed by atoms with Crippen LogP contribution >= 0.6 is 35.6 Å². The molecule has 168 valence electrons. The van der Waals surface area contributed by atoms with Gasteiger partial charge in [0.2, 0.25) is 11.7 Å². The summed E-state index contributed by atoms with van der Waals surface area (Å²) in [5.41, 5.74) is 0.772. The molecule has 0 aromatic heterocycles. The van der Waals surface area contributed by atoms with E-state index >= 15 is 0 Å². The zero-order valence-electron chi connectivity index (χ0n) is 17.3. The van der Waals surface area contributed by atoms with Gasteiger partial charge in [-0.3, -0.25) is 14.5 Å². The Morgan fingerprint density at radius 1 is 1.19 bits per heavy atom. The van der Waals surface area contributed by atoms with Crippen LogP contribution in [0.1, 0.15) is 5.56 Å². The van der Waals surface area contributed by atoms with Crippen LogP contribution in [0, 0.1) is 0 Å². The summed E-state index contributed by atoms with van der Waals surface area (Å²) in [6.45, 7) is -0.316. The average Bonchev–Trinajstić information content (AvgIpc) is 3.02. The number of hydrogen-bond donors (Lipinski definition) is 2. The summed E-state index contributed by atoms with van der Waals surface area (Å²) in [4.78, 5) is 26.8. The highest BCUT2D eigenvalue weighted by Gasteiger charge is 2.33. The minimum atomic E-state index is -0.534. The number of carbonyl (C=O) groups is 2. The van der Waals surface area contributed by atoms with E-state index < -0.39 is 11.8 Å². The lowest BCUT2D eigenvalue weighted by molar-refractivity contribution is -0.126. The summed E-state index contributed by atoms with van der Waals surface area (Å²) in [5, 5.41) is 12.7. The van der Waals surface area contributed by atoms with Crippen molar-refractivity contribution in [3.8, 4) is 23.0 Å². The van der Waals surface area contributed by atoms with Crippen molar-refractivity contribution in [2.75, 3.05) is 33.2 Å². The van der Waals surface area contributed by atoms with Gasteiger partial charge in [0.15, 0.2) is 11.5 Å². The largest absolute Gasteiger partial charge is 0.506 e. The molecular weight excluding hydrogens is 476 g/mol. The Hall–Kier alpha value is -2.95. The van der Waals surface area contributed by atoms with Crippen molar-refractivity contribution in [3.05, 3.63) is 45.8 Å². The number of anilines is 1. The molecule has 2 aromatic rings. The lowest BCUT2D eigenvalue weighted by Crippen LogP contribution is -2.36. The van der Waals surface area contributed by atoms with Gasteiger partial charge < -0.3 is 24.6 Å². The SMILES string of the molecule is COc1cc(/C=C2/SC(=S)N(CC(=O)Nc3cc(Cl)ccc3O)C2=O)cc(OC)c1OC. The zero-order valence-corrected chi connectivity index (χ0v) is 19.7. The van der Waals surface area contributed by atoms with E-state index in [0.29, 0.717) is 32.7 Å². The highest BCUT2D eigenvalue weighted by atomic mass is 35.5. The van der Waals surface area contributed by atoms with Crippen LogP contribution in [-0.4, -0.2) is 54.0 Å². The van der Waals surface area contributed by atoms with Gasteiger partial charge in [0.1, 0.15) is 16.6 Å². The molecule has 2 amide bonds. The number of thioether (sulfide) groups is 1. The molecule has 32 heavy (non-hydrogen) atoms. The van der Waals surface area contributed by atoms with Crippen LogP contribution in [0.2, 0.25) is 5.02 Å². The number of phenols is 1. The maximum atomic E-state index is 12.9. The molecule has 8 nitrogen and oxygen atoms in total. The molecule has 1 saturated heterocycles. The molecule has 1 fully saturated rings. The Bertz CT molecular complexity index is 1100. The van der Waals surface area contributed by atoms with E-state index in [0.717, 1.165) is 11.8 Å². The van der Waals surface area contributed by atoms with Crippen LogP contribution in [0.25, 0.3) is 6.08 Å². The first-order valence-corrected chi connectivity index (χ1v) is 10.7. The van der Waals surface area contributed by atoms with Crippen molar-refractivity contribution in [2.24, 2.45) is 0 Å². The van der Waals surface area contributed by atoms with E-state index in [1.807, 2.05) is 0 Å². The van der Waals surface area contributed by atoms with Gasteiger partial charge in [-0.2, -0.15) is 0 Å². The number of halogens is 1. The Balaban J connectivity index is 1.79. The number of benzene rings is 2. The number of amides is 2. The highest BCUT2D eigenvalue weighted by Crippen LogP contribution is 2.40. The van der Waals surface area contributed by atoms with Crippen LogP contribution in [0.4, 0.5) is 5.69 Å². The third kappa shape index (κ3) is 5.09. The molecule has 11 heteroatoms. The zero-order chi connectivity index (χ0) is 23.4. The Kier molecular flexibility index (Phi) is 7.49. The van der Waals surface area contributed by atoms with E-state index in [9.17, 15) is 14.7 Å².